The lowest BCUT2D eigenvalue weighted by molar-refractivity contribution is -0.00814. The molecule has 0 radical (unpaired) electrons. The summed E-state index contributed by atoms with van der Waals surface area (Å²) >= 11 is 0. The van der Waals surface area contributed by atoms with Crippen LogP contribution in [0.25, 0.3) is 0 Å². The molecule has 0 spiro atoms. The first-order chi connectivity index (χ1) is 13.0. The summed E-state index contributed by atoms with van der Waals surface area (Å²) in [6.07, 6.45) is 3.90. The maximum atomic E-state index is 5.97. The second kappa shape index (κ2) is 8.90. The molecule has 2 heterocycles. The molecule has 2 unspecified atom stereocenters. The molecule has 1 aliphatic heterocycles. The third kappa shape index (κ3) is 5.23. The Kier molecular flexibility index (Phi) is 6.34. The summed E-state index contributed by atoms with van der Waals surface area (Å²) in [5.74, 6) is 1.75. The second-order valence-corrected chi connectivity index (χ2v) is 6.92. The van der Waals surface area contributed by atoms with E-state index in [0.29, 0.717) is 13.2 Å². The van der Waals surface area contributed by atoms with Gasteiger partial charge in [0.1, 0.15) is 18.0 Å². The zero-order valence-corrected chi connectivity index (χ0v) is 16.6. The molecule has 1 saturated heterocycles. The first kappa shape index (κ1) is 19.2. The van der Waals surface area contributed by atoms with Gasteiger partial charge in [-0.25, -0.2) is 0 Å². The lowest BCUT2D eigenvalue weighted by atomic mass is 10.1. The number of nitrogens with one attached hydrogen (secondary N) is 1. The largest absolute Gasteiger partial charge is 0.489 e. The van der Waals surface area contributed by atoms with Crippen LogP contribution in [-0.2, 0) is 11.8 Å². The highest BCUT2D eigenvalue weighted by molar-refractivity contribution is 5.80. The van der Waals surface area contributed by atoms with Crippen LogP contribution in [0.3, 0.4) is 0 Å². The number of aryl methyl sites for hydroxylation is 2. The number of aliphatic imine (C=N–C) groups is 1. The Morgan fingerprint density at radius 1 is 1.41 bits per heavy atom. The molecule has 1 aromatic heterocycles. The highest BCUT2D eigenvalue weighted by Crippen LogP contribution is 2.21. The molecule has 1 fully saturated rings. The molecule has 2 aromatic rings. The smallest absolute Gasteiger partial charge is 0.193 e. The van der Waals surface area contributed by atoms with Gasteiger partial charge >= 0.3 is 0 Å². The molecule has 0 aliphatic carbocycles. The Morgan fingerprint density at radius 3 is 2.85 bits per heavy atom. The third-order valence-electron chi connectivity index (χ3n) is 4.58. The predicted molar refractivity (Wildman–Crippen MR) is 106 cm³/mol. The van der Waals surface area contributed by atoms with E-state index < -0.39 is 0 Å². The number of rotatable bonds is 5. The van der Waals surface area contributed by atoms with Crippen LogP contribution in [0.2, 0.25) is 0 Å². The molecule has 1 aromatic carbocycles. The van der Waals surface area contributed by atoms with Crippen molar-refractivity contribution in [1.29, 1.82) is 0 Å². The Morgan fingerprint density at radius 2 is 2.19 bits per heavy atom. The van der Waals surface area contributed by atoms with E-state index in [4.69, 9.17) is 9.47 Å². The molecule has 1 aliphatic rings. The van der Waals surface area contributed by atoms with Crippen LogP contribution in [0.4, 0.5) is 0 Å². The molecular weight excluding hydrogens is 342 g/mol. The predicted octanol–water partition coefficient (Wildman–Crippen LogP) is 2.14. The molecule has 2 atom stereocenters. The van der Waals surface area contributed by atoms with Crippen molar-refractivity contribution in [2.75, 3.05) is 33.3 Å². The topological polar surface area (TPSA) is 63.9 Å². The summed E-state index contributed by atoms with van der Waals surface area (Å²) < 4.78 is 13.7. The summed E-state index contributed by atoms with van der Waals surface area (Å²) in [6.45, 7) is 7.02. The van der Waals surface area contributed by atoms with Gasteiger partial charge in [0.05, 0.1) is 25.9 Å². The van der Waals surface area contributed by atoms with Gasteiger partial charge in [-0.2, -0.15) is 5.10 Å². The van der Waals surface area contributed by atoms with Crippen molar-refractivity contribution in [2.45, 2.75) is 26.1 Å². The van der Waals surface area contributed by atoms with E-state index in [-0.39, 0.29) is 12.2 Å². The van der Waals surface area contributed by atoms with E-state index in [9.17, 15) is 0 Å². The molecule has 0 saturated carbocycles. The first-order valence-corrected chi connectivity index (χ1v) is 9.34. The minimum Gasteiger partial charge on any atom is -0.489 e. The van der Waals surface area contributed by atoms with E-state index in [1.807, 2.05) is 38.6 Å². The second-order valence-electron chi connectivity index (χ2n) is 6.92. The van der Waals surface area contributed by atoms with Gasteiger partial charge in [-0.15, -0.1) is 0 Å². The van der Waals surface area contributed by atoms with E-state index in [1.165, 1.54) is 5.56 Å². The normalized spacial score (nSPS) is 19.0. The van der Waals surface area contributed by atoms with Gasteiger partial charge in [0.25, 0.3) is 0 Å². The zero-order valence-electron chi connectivity index (χ0n) is 16.6. The first-order valence-electron chi connectivity index (χ1n) is 9.34. The number of nitrogens with zero attached hydrogens (tertiary/aromatic N) is 4. The fourth-order valence-electron chi connectivity index (χ4n) is 3.11. The van der Waals surface area contributed by atoms with E-state index >= 15 is 0 Å². The van der Waals surface area contributed by atoms with Gasteiger partial charge in [-0.3, -0.25) is 9.67 Å². The third-order valence-corrected chi connectivity index (χ3v) is 4.58. The average molecular weight is 371 g/mol. The van der Waals surface area contributed by atoms with Crippen LogP contribution in [-0.4, -0.2) is 60.0 Å². The molecule has 0 bridgehead atoms. The van der Waals surface area contributed by atoms with Gasteiger partial charge in [-0.05, 0) is 26.0 Å². The fourth-order valence-corrected chi connectivity index (χ4v) is 3.11. The summed E-state index contributed by atoms with van der Waals surface area (Å²) in [6, 6.07) is 8.11. The Labute approximate surface area is 161 Å². The molecular formula is C20H29N5O2. The number of hydrogen-bond acceptors (Lipinski definition) is 4. The van der Waals surface area contributed by atoms with Crippen LogP contribution in [0.15, 0.2) is 41.7 Å². The highest BCUT2D eigenvalue weighted by Gasteiger charge is 2.25. The number of aromatic nitrogens is 2. The van der Waals surface area contributed by atoms with Crippen molar-refractivity contribution >= 4 is 5.96 Å². The Balaban J connectivity index is 1.52. The van der Waals surface area contributed by atoms with Crippen molar-refractivity contribution in [2.24, 2.45) is 12.0 Å². The summed E-state index contributed by atoms with van der Waals surface area (Å²) in [4.78, 5) is 6.66. The summed E-state index contributed by atoms with van der Waals surface area (Å²) in [5.41, 5.74) is 2.32. The van der Waals surface area contributed by atoms with Crippen molar-refractivity contribution in [3.63, 3.8) is 0 Å². The average Bonchev–Trinajstić information content (AvgIpc) is 3.11. The molecule has 0 amide bonds. The van der Waals surface area contributed by atoms with E-state index in [2.05, 4.69) is 46.3 Å². The lowest BCUT2D eigenvalue weighted by Crippen LogP contribution is -2.49. The van der Waals surface area contributed by atoms with Crippen LogP contribution in [0.1, 0.15) is 24.2 Å². The van der Waals surface area contributed by atoms with Crippen LogP contribution >= 0.6 is 0 Å². The van der Waals surface area contributed by atoms with Crippen molar-refractivity contribution in [3.8, 4) is 5.75 Å². The number of ether oxygens (including phenoxy) is 2. The highest BCUT2D eigenvalue weighted by atomic mass is 16.5. The summed E-state index contributed by atoms with van der Waals surface area (Å²) in [7, 11) is 3.72. The number of benzene rings is 1. The Hall–Kier alpha value is -2.54. The van der Waals surface area contributed by atoms with Crippen LogP contribution < -0.4 is 10.1 Å². The number of guanidine groups is 1. The quantitative estimate of drug-likeness (QED) is 0.644. The monoisotopic (exact) mass is 371 g/mol. The molecule has 27 heavy (non-hydrogen) atoms. The molecule has 1 N–H and O–H groups in total. The van der Waals surface area contributed by atoms with Gasteiger partial charge in [0.2, 0.25) is 0 Å². The van der Waals surface area contributed by atoms with Gasteiger partial charge in [0, 0.05) is 32.4 Å². The Bertz CT molecular complexity index is 756. The van der Waals surface area contributed by atoms with Gasteiger partial charge in [0.15, 0.2) is 5.96 Å². The SMILES string of the molecule is CN=C(NCC(C)Oc1ccc(C)cc1)N1CCOC(c2cnn(C)c2)C1. The van der Waals surface area contributed by atoms with Crippen molar-refractivity contribution in [1.82, 2.24) is 20.0 Å². The zero-order chi connectivity index (χ0) is 19.2. The lowest BCUT2D eigenvalue weighted by Gasteiger charge is -2.35. The number of morpholine rings is 1. The van der Waals surface area contributed by atoms with Crippen LogP contribution in [0, 0.1) is 6.92 Å². The minimum absolute atomic E-state index is 0.00670. The fraction of sp³-hybridized carbons (Fsp3) is 0.500. The molecule has 7 nitrogen and oxygen atoms in total. The minimum atomic E-state index is 0.00670. The van der Waals surface area contributed by atoms with Crippen molar-refractivity contribution < 1.29 is 9.47 Å². The molecule has 146 valence electrons. The van der Waals surface area contributed by atoms with Crippen LogP contribution in [0.5, 0.6) is 5.75 Å². The van der Waals surface area contributed by atoms with E-state index in [1.54, 1.807) is 4.68 Å². The van der Waals surface area contributed by atoms with Crippen molar-refractivity contribution in [3.05, 3.63) is 47.8 Å². The molecule has 3 rings (SSSR count). The van der Waals surface area contributed by atoms with Gasteiger partial charge < -0.3 is 19.7 Å². The standard InChI is InChI=1S/C20H29N5O2/c1-15-5-7-18(8-6-15)27-16(2)11-22-20(21-3)25-9-10-26-19(14-25)17-12-23-24(4)13-17/h5-8,12-13,16,19H,9-11,14H2,1-4H3,(H,21,22). The van der Waals surface area contributed by atoms with Gasteiger partial charge in [-0.1, -0.05) is 17.7 Å². The maximum absolute atomic E-state index is 5.97. The van der Waals surface area contributed by atoms with E-state index in [0.717, 1.165) is 30.4 Å². The summed E-state index contributed by atoms with van der Waals surface area (Å²) in [5, 5.41) is 7.66. The number of hydrogen-bond donors (Lipinski definition) is 1. The molecule has 7 heteroatoms. The maximum Gasteiger partial charge on any atom is 0.193 e.